The van der Waals surface area contributed by atoms with Crippen LogP contribution in [0.3, 0.4) is 0 Å². The van der Waals surface area contributed by atoms with Gasteiger partial charge in [-0.05, 0) is 24.3 Å². The molecule has 0 saturated carbocycles. The molecule has 0 spiro atoms. The van der Waals surface area contributed by atoms with Gasteiger partial charge in [0.15, 0.2) is 5.65 Å². The summed E-state index contributed by atoms with van der Waals surface area (Å²) in [6, 6.07) is 7.34. The molecule has 9 heteroatoms. The highest BCUT2D eigenvalue weighted by Crippen LogP contribution is 2.34. The number of fused-ring (bicyclic) bond motifs is 1. The molecule has 4 rings (SSSR count). The van der Waals surface area contributed by atoms with E-state index >= 15 is 0 Å². The lowest BCUT2D eigenvalue weighted by molar-refractivity contribution is -0.145. The number of pyridine rings is 1. The molecule has 1 fully saturated rings. The summed E-state index contributed by atoms with van der Waals surface area (Å²) in [6.45, 7) is 1.11. The van der Waals surface area contributed by atoms with E-state index in [-0.39, 0.29) is 17.8 Å². The SMILES string of the molecule is COC(=O)[C@@H]1CN(c2ccc3nncn3n2)C[C@H]1c1ccc(Cl)cn1. The summed E-state index contributed by atoms with van der Waals surface area (Å²) in [5.41, 5.74) is 1.48. The van der Waals surface area contributed by atoms with Crippen molar-refractivity contribution in [3.63, 3.8) is 0 Å². The number of methoxy groups -OCH3 is 1. The van der Waals surface area contributed by atoms with E-state index in [1.165, 1.54) is 7.11 Å². The average molecular weight is 359 g/mol. The minimum atomic E-state index is -0.322. The Balaban J connectivity index is 1.66. The highest BCUT2D eigenvalue weighted by molar-refractivity contribution is 6.30. The summed E-state index contributed by atoms with van der Waals surface area (Å²) in [7, 11) is 1.40. The average Bonchev–Trinajstić information content (AvgIpc) is 3.28. The van der Waals surface area contributed by atoms with Gasteiger partial charge in [0.2, 0.25) is 0 Å². The van der Waals surface area contributed by atoms with Crippen LogP contribution in [-0.4, -0.2) is 51.0 Å². The highest BCUT2D eigenvalue weighted by atomic mass is 35.5. The predicted octanol–water partition coefficient (Wildman–Crippen LogP) is 1.57. The third-order valence-corrected chi connectivity index (χ3v) is 4.65. The van der Waals surface area contributed by atoms with Crippen LogP contribution in [0.25, 0.3) is 5.65 Å². The molecule has 2 atom stereocenters. The number of hydrogen-bond donors (Lipinski definition) is 0. The first-order valence-corrected chi connectivity index (χ1v) is 8.15. The van der Waals surface area contributed by atoms with Gasteiger partial charge < -0.3 is 9.64 Å². The maximum Gasteiger partial charge on any atom is 0.311 e. The Hall–Kier alpha value is -2.74. The molecule has 4 heterocycles. The zero-order valence-corrected chi connectivity index (χ0v) is 14.2. The first kappa shape index (κ1) is 15.8. The van der Waals surface area contributed by atoms with Gasteiger partial charge in [-0.3, -0.25) is 9.78 Å². The molecule has 0 N–H and O–H groups in total. The number of carbonyl (C=O) groups is 1. The van der Waals surface area contributed by atoms with Gasteiger partial charge in [-0.25, -0.2) is 0 Å². The number of hydrogen-bond acceptors (Lipinski definition) is 7. The van der Waals surface area contributed by atoms with E-state index in [4.69, 9.17) is 16.3 Å². The Morgan fingerprint density at radius 2 is 2.16 bits per heavy atom. The van der Waals surface area contributed by atoms with Gasteiger partial charge in [0.1, 0.15) is 12.1 Å². The molecule has 1 saturated heterocycles. The number of aromatic nitrogens is 5. The van der Waals surface area contributed by atoms with Gasteiger partial charge in [-0.1, -0.05) is 11.6 Å². The Labute approximate surface area is 148 Å². The van der Waals surface area contributed by atoms with Crippen LogP contribution in [0.2, 0.25) is 5.02 Å². The number of anilines is 1. The summed E-state index contributed by atoms with van der Waals surface area (Å²) in [5.74, 6) is 0.0764. The van der Waals surface area contributed by atoms with Crippen molar-refractivity contribution in [3.8, 4) is 0 Å². The van der Waals surface area contributed by atoms with E-state index in [1.54, 1.807) is 23.1 Å². The molecule has 3 aromatic rings. The van der Waals surface area contributed by atoms with Crippen molar-refractivity contribution in [1.82, 2.24) is 24.8 Å². The molecule has 0 aromatic carbocycles. The Morgan fingerprint density at radius 3 is 2.92 bits per heavy atom. The monoisotopic (exact) mass is 358 g/mol. The first-order valence-electron chi connectivity index (χ1n) is 7.77. The molecule has 3 aromatic heterocycles. The molecule has 0 unspecified atom stereocenters. The van der Waals surface area contributed by atoms with Gasteiger partial charge >= 0.3 is 5.97 Å². The maximum absolute atomic E-state index is 12.3. The van der Waals surface area contributed by atoms with Crippen LogP contribution in [0.15, 0.2) is 36.8 Å². The second-order valence-electron chi connectivity index (χ2n) is 5.87. The fourth-order valence-electron chi connectivity index (χ4n) is 3.17. The number of ether oxygens (including phenoxy) is 1. The van der Waals surface area contributed by atoms with Gasteiger partial charge in [0.25, 0.3) is 0 Å². The van der Waals surface area contributed by atoms with Crippen LogP contribution >= 0.6 is 11.6 Å². The van der Waals surface area contributed by atoms with E-state index in [0.717, 1.165) is 11.5 Å². The van der Waals surface area contributed by atoms with Gasteiger partial charge in [-0.2, -0.15) is 4.52 Å². The molecule has 0 amide bonds. The lowest BCUT2D eigenvalue weighted by Crippen LogP contribution is -2.25. The van der Waals surface area contributed by atoms with E-state index in [2.05, 4.69) is 20.3 Å². The zero-order chi connectivity index (χ0) is 17.4. The Bertz CT molecular complexity index is 912. The summed E-state index contributed by atoms with van der Waals surface area (Å²) in [4.78, 5) is 18.7. The topological polar surface area (TPSA) is 85.5 Å². The summed E-state index contributed by atoms with van der Waals surface area (Å²) in [6.07, 6.45) is 3.14. The molecular weight excluding hydrogens is 344 g/mol. The molecule has 25 heavy (non-hydrogen) atoms. The second-order valence-corrected chi connectivity index (χ2v) is 6.30. The van der Waals surface area contributed by atoms with Crippen LogP contribution in [0.5, 0.6) is 0 Å². The predicted molar refractivity (Wildman–Crippen MR) is 90.5 cm³/mol. The van der Waals surface area contributed by atoms with Gasteiger partial charge in [-0.15, -0.1) is 15.3 Å². The fraction of sp³-hybridized carbons (Fsp3) is 0.312. The molecule has 0 radical (unpaired) electrons. The van der Waals surface area contributed by atoms with Crippen LogP contribution in [0.4, 0.5) is 5.82 Å². The smallest absolute Gasteiger partial charge is 0.311 e. The lowest BCUT2D eigenvalue weighted by atomic mass is 9.92. The third-order valence-electron chi connectivity index (χ3n) is 4.43. The van der Waals surface area contributed by atoms with Gasteiger partial charge in [0.05, 0.1) is 18.1 Å². The minimum Gasteiger partial charge on any atom is -0.469 e. The first-order chi connectivity index (χ1) is 12.2. The van der Waals surface area contributed by atoms with Crippen molar-refractivity contribution in [2.24, 2.45) is 5.92 Å². The molecule has 1 aliphatic rings. The molecule has 0 aliphatic carbocycles. The van der Waals surface area contributed by atoms with E-state index in [9.17, 15) is 4.79 Å². The van der Waals surface area contributed by atoms with E-state index < -0.39 is 0 Å². The number of carbonyl (C=O) groups excluding carboxylic acids is 1. The number of nitrogens with zero attached hydrogens (tertiary/aromatic N) is 6. The molecule has 0 bridgehead atoms. The summed E-state index contributed by atoms with van der Waals surface area (Å²) in [5, 5.41) is 12.8. The normalized spacial score (nSPS) is 20.2. The largest absolute Gasteiger partial charge is 0.469 e. The van der Waals surface area contributed by atoms with Gasteiger partial charge in [0, 0.05) is 30.9 Å². The fourth-order valence-corrected chi connectivity index (χ4v) is 3.29. The van der Waals surface area contributed by atoms with Crippen LogP contribution in [0.1, 0.15) is 11.6 Å². The molecular formula is C16H15ClN6O2. The molecule has 8 nitrogen and oxygen atoms in total. The van der Waals surface area contributed by atoms with Crippen LogP contribution < -0.4 is 4.90 Å². The minimum absolute atomic E-state index is 0.0943. The standard InChI is InChI=1S/C16H15ClN6O2/c1-25-16(24)12-8-22(7-11(12)13-3-2-10(17)6-18-13)15-5-4-14-20-19-9-23(14)21-15/h2-6,9,11-12H,7-8H2,1H3/t11-,12-/m1/s1. The number of rotatable bonds is 3. The van der Waals surface area contributed by atoms with Crippen molar-refractivity contribution in [2.45, 2.75) is 5.92 Å². The van der Waals surface area contributed by atoms with Crippen molar-refractivity contribution in [2.75, 3.05) is 25.1 Å². The highest BCUT2D eigenvalue weighted by Gasteiger charge is 2.40. The van der Waals surface area contributed by atoms with Crippen molar-refractivity contribution < 1.29 is 9.53 Å². The summed E-state index contributed by atoms with van der Waals surface area (Å²) < 4.78 is 6.59. The van der Waals surface area contributed by atoms with Crippen LogP contribution in [-0.2, 0) is 9.53 Å². The number of esters is 1. The van der Waals surface area contributed by atoms with E-state index in [0.29, 0.717) is 23.8 Å². The molecule has 128 valence electrons. The molecule has 1 aliphatic heterocycles. The zero-order valence-electron chi connectivity index (χ0n) is 13.4. The van der Waals surface area contributed by atoms with Crippen molar-refractivity contribution >= 4 is 29.0 Å². The van der Waals surface area contributed by atoms with Crippen LogP contribution in [0, 0.1) is 5.92 Å². The Morgan fingerprint density at radius 1 is 1.28 bits per heavy atom. The summed E-state index contributed by atoms with van der Waals surface area (Å²) >= 11 is 5.92. The lowest BCUT2D eigenvalue weighted by Gasteiger charge is -2.16. The maximum atomic E-state index is 12.3. The Kier molecular flexibility index (Phi) is 3.96. The third kappa shape index (κ3) is 2.89. The van der Waals surface area contributed by atoms with E-state index in [1.807, 2.05) is 23.1 Å². The number of halogens is 1. The second kappa shape index (κ2) is 6.29. The van der Waals surface area contributed by atoms with Crippen molar-refractivity contribution in [1.29, 1.82) is 0 Å². The quantitative estimate of drug-likeness (QED) is 0.657. The van der Waals surface area contributed by atoms with Crippen molar-refractivity contribution in [3.05, 3.63) is 47.5 Å².